The summed E-state index contributed by atoms with van der Waals surface area (Å²) in [6.07, 6.45) is -0.625. The van der Waals surface area contributed by atoms with Crippen molar-refractivity contribution in [3.8, 4) is 0 Å². The van der Waals surface area contributed by atoms with Crippen molar-refractivity contribution in [3.05, 3.63) is 12.2 Å². The highest BCUT2D eigenvalue weighted by Gasteiger charge is 2.43. The van der Waals surface area contributed by atoms with E-state index < -0.39 is 6.17 Å². The highest BCUT2D eigenvalue weighted by atomic mass is 19.1. The van der Waals surface area contributed by atoms with E-state index in [1.165, 1.54) is 5.06 Å². The van der Waals surface area contributed by atoms with E-state index >= 15 is 0 Å². The summed E-state index contributed by atoms with van der Waals surface area (Å²) in [5.74, 6) is -0.201. The SMILES string of the molecule is C=C1CC2C(CC1F)OCC(=O)N2OCC. The Hall–Kier alpha value is -0.940. The molecule has 1 saturated heterocycles. The summed E-state index contributed by atoms with van der Waals surface area (Å²) in [5.41, 5.74) is 0.518. The van der Waals surface area contributed by atoms with E-state index in [1.807, 2.05) is 6.92 Å². The van der Waals surface area contributed by atoms with Gasteiger partial charge in [0.2, 0.25) is 0 Å². The van der Waals surface area contributed by atoms with Crippen molar-refractivity contribution in [1.82, 2.24) is 5.06 Å². The van der Waals surface area contributed by atoms with Crippen LogP contribution in [0.25, 0.3) is 0 Å². The van der Waals surface area contributed by atoms with Gasteiger partial charge < -0.3 is 4.74 Å². The Morgan fingerprint density at radius 3 is 3.12 bits per heavy atom. The van der Waals surface area contributed by atoms with Gasteiger partial charge in [0.15, 0.2) is 0 Å². The molecule has 1 amide bonds. The van der Waals surface area contributed by atoms with Crippen LogP contribution in [0, 0.1) is 0 Å². The number of rotatable bonds is 2. The van der Waals surface area contributed by atoms with Crippen LogP contribution in [0.1, 0.15) is 19.8 Å². The second-order valence-electron chi connectivity index (χ2n) is 4.12. The molecule has 1 aliphatic heterocycles. The quantitative estimate of drug-likeness (QED) is 0.668. The summed E-state index contributed by atoms with van der Waals surface area (Å²) >= 11 is 0. The summed E-state index contributed by atoms with van der Waals surface area (Å²) in [6.45, 7) is 5.88. The van der Waals surface area contributed by atoms with Gasteiger partial charge in [-0.1, -0.05) is 6.58 Å². The Kier molecular flexibility index (Phi) is 3.25. The fourth-order valence-corrected chi connectivity index (χ4v) is 2.20. The van der Waals surface area contributed by atoms with Crippen molar-refractivity contribution in [2.45, 2.75) is 38.1 Å². The van der Waals surface area contributed by atoms with Gasteiger partial charge in [-0.25, -0.2) is 9.45 Å². The van der Waals surface area contributed by atoms with Crippen LogP contribution in [0.4, 0.5) is 4.39 Å². The Morgan fingerprint density at radius 1 is 1.69 bits per heavy atom. The molecule has 4 nitrogen and oxygen atoms in total. The van der Waals surface area contributed by atoms with Crippen molar-refractivity contribution in [3.63, 3.8) is 0 Å². The smallest absolute Gasteiger partial charge is 0.272 e. The summed E-state index contributed by atoms with van der Waals surface area (Å²) < 4.78 is 18.8. The van der Waals surface area contributed by atoms with Gasteiger partial charge >= 0.3 is 0 Å². The third-order valence-corrected chi connectivity index (χ3v) is 3.02. The third-order valence-electron chi connectivity index (χ3n) is 3.02. The molecule has 0 aromatic heterocycles. The molecule has 2 aliphatic rings. The minimum Gasteiger partial charge on any atom is -0.366 e. The van der Waals surface area contributed by atoms with Crippen molar-refractivity contribution in [2.24, 2.45) is 0 Å². The standard InChI is InChI=1S/C11H16FNO3/c1-3-16-13-9-4-7(2)8(12)5-10(9)15-6-11(13)14/h8-10H,2-6H2,1H3. The maximum Gasteiger partial charge on any atom is 0.272 e. The Morgan fingerprint density at radius 2 is 2.44 bits per heavy atom. The molecular formula is C11H16FNO3. The van der Waals surface area contributed by atoms with Crippen LogP contribution in [0.3, 0.4) is 0 Å². The second kappa shape index (κ2) is 4.51. The van der Waals surface area contributed by atoms with E-state index in [4.69, 9.17) is 9.57 Å². The number of fused-ring (bicyclic) bond motifs is 1. The molecule has 5 heteroatoms. The zero-order valence-electron chi connectivity index (χ0n) is 9.32. The molecular weight excluding hydrogens is 213 g/mol. The van der Waals surface area contributed by atoms with Crippen LogP contribution >= 0.6 is 0 Å². The molecule has 0 aromatic rings. The number of hydrogen-bond donors (Lipinski definition) is 0. The molecule has 0 aromatic carbocycles. The first-order valence-corrected chi connectivity index (χ1v) is 5.51. The first kappa shape index (κ1) is 11.5. The van der Waals surface area contributed by atoms with E-state index in [-0.39, 0.29) is 31.1 Å². The van der Waals surface area contributed by atoms with Gasteiger partial charge in [0.25, 0.3) is 5.91 Å². The lowest BCUT2D eigenvalue weighted by Gasteiger charge is -2.43. The Balaban J connectivity index is 2.13. The second-order valence-corrected chi connectivity index (χ2v) is 4.12. The Labute approximate surface area is 94.0 Å². The molecule has 1 heterocycles. The summed E-state index contributed by atoms with van der Waals surface area (Å²) in [6, 6.07) is -0.222. The van der Waals surface area contributed by atoms with Crippen LogP contribution in [0.15, 0.2) is 12.2 Å². The molecule has 0 radical (unpaired) electrons. The molecule has 16 heavy (non-hydrogen) atoms. The van der Waals surface area contributed by atoms with E-state index in [2.05, 4.69) is 6.58 Å². The lowest BCUT2D eigenvalue weighted by Crippen LogP contribution is -2.57. The van der Waals surface area contributed by atoms with Gasteiger partial charge in [0.05, 0.1) is 18.8 Å². The van der Waals surface area contributed by atoms with Crippen LogP contribution in [-0.4, -0.2) is 42.5 Å². The van der Waals surface area contributed by atoms with Gasteiger partial charge in [0, 0.05) is 6.42 Å². The summed E-state index contributed by atoms with van der Waals surface area (Å²) in [7, 11) is 0. The molecule has 90 valence electrons. The average molecular weight is 229 g/mol. The number of alkyl halides is 1. The van der Waals surface area contributed by atoms with Crippen molar-refractivity contribution in [2.75, 3.05) is 13.2 Å². The van der Waals surface area contributed by atoms with Crippen molar-refractivity contribution >= 4 is 5.91 Å². The molecule has 1 saturated carbocycles. The largest absolute Gasteiger partial charge is 0.366 e. The number of morpholine rings is 1. The van der Waals surface area contributed by atoms with Gasteiger partial charge in [-0.2, -0.15) is 0 Å². The number of nitrogens with zero attached hydrogens (tertiary/aromatic N) is 1. The fourth-order valence-electron chi connectivity index (χ4n) is 2.20. The third kappa shape index (κ3) is 1.97. The number of carbonyl (C=O) groups excluding carboxylic acids is 1. The highest BCUT2D eigenvalue weighted by molar-refractivity contribution is 5.77. The topological polar surface area (TPSA) is 38.8 Å². The monoisotopic (exact) mass is 229 g/mol. The zero-order chi connectivity index (χ0) is 11.7. The van der Waals surface area contributed by atoms with Gasteiger partial charge in [-0.15, -0.1) is 0 Å². The fraction of sp³-hybridized carbons (Fsp3) is 0.727. The molecule has 2 rings (SSSR count). The first-order valence-electron chi connectivity index (χ1n) is 5.51. The summed E-state index contributed by atoms with van der Waals surface area (Å²) in [5, 5.41) is 1.34. The highest BCUT2D eigenvalue weighted by Crippen LogP contribution is 2.33. The van der Waals surface area contributed by atoms with Crippen molar-refractivity contribution < 1.29 is 18.8 Å². The molecule has 0 N–H and O–H groups in total. The predicted octanol–water partition coefficient (Wildman–Crippen LogP) is 1.22. The number of hydrogen-bond acceptors (Lipinski definition) is 3. The van der Waals surface area contributed by atoms with Gasteiger partial charge in [-0.05, 0) is 18.9 Å². The minimum atomic E-state index is -1.03. The summed E-state index contributed by atoms with van der Waals surface area (Å²) in [4.78, 5) is 16.9. The van der Waals surface area contributed by atoms with E-state index in [1.54, 1.807) is 0 Å². The number of halogens is 1. The number of carbonyl (C=O) groups is 1. The normalized spacial score (nSPS) is 35.1. The first-order chi connectivity index (χ1) is 7.63. The Bertz CT molecular complexity index is 308. The molecule has 3 atom stereocenters. The molecule has 1 aliphatic carbocycles. The number of ether oxygens (including phenoxy) is 1. The maximum atomic E-state index is 13.4. The van der Waals surface area contributed by atoms with E-state index in [0.29, 0.717) is 18.6 Å². The predicted molar refractivity (Wildman–Crippen MR) is 55.3 cm³/mol. The molecule has 2 fully saturated rings. The van der Waals surface area contributed by atoms with Crippen LogP contribution in [0.2, 0.25) is 0 Å². The molecule has 0 bridgehead atoms. The zero-order valence-corrected chi connectivity index (χ0v) is 9.32. The van der Waals surface area contributed by atoms with Gasteiger partial charge in [-0.3, -0.25) is 9.63 Å². The van der Waals surface area contributed by atoms with E-state index in [0.717, 1.165) is 0 Å². The van der Waals surface area contributed by atoms with Crippen LogP contribution in [0.5, 0.6) is 0 Å². The minimum absolute atomic E-state index is 0.0274. The van der Waals surface area contributed by atoms with Crippen LogP contribution < -0.4 is 0 Å². The lowest BCUT2D eigenvalue weighted by atomic mass is 9.86. The van der Waals surface area contributed by atoms with Gasteiger partial charge in [0.1, 0.15) is 12.8 Å². The maximum absolute atomic E-state index is 13.4. The number of amides is 1. The lowest BCUT2D eigenvalue weighted by molar-refractivity contribution is -0.239. The molecule has 3 unspecified atom stereocenters. The van der Waals surface area contributed by atoms with Crippen LogP contribution in [-0.2, 0) is 14.4 Å². The average Bonchev–Trinajstić information content (AvgIpc) is 2.25. The van der Waals surface area contributed by atoms with Crippen molar-refractivity contribution in [1.29, 1.82) is 0 Å². The molecule has 0 spiro atoms. The number of hydroxylamine groups is 2. The van der Waals surface area contributed by atoms with E-state index in [9.17, 15) is 9.18 Å².